The van der Waals surface area contributed by atoms with Crippen molar-refractivity contribution in [1.29, 1.82) is 5.26 Å². The Labute approximate surface area is 211 Å². The average Bonchev–Trinajstić information content (AvgIpc) is 3.35. The fraction of sp³-hybridized carbons (Fsp3) is 0.391. The first kappa shape index (κ1) is 24.1. The van der Waals surface area contributed by atoms with Gasteiger partial charge >= 0.3 is 0 Å². The Balaban J connectivity index is 1.41. The van der Waals surface area contributed by atoms with Gasteiger partial charge in [0.1, 0.15) is 11.1 Å². The van der Waals surface area contributed by atoms with Gasteiger partial charge in [0.05, 0.1) is 16.3 Å². The molecule has 1 atom stereocenters. The number of aromatic amines is 1. The van der Waals surface area contributed by atoms with Crippen LogP contribution < -0.4 is 5.32 Å². The molecule has 2 N–H and O–H groups in total. The monoisotopic (exact) mass is 519 g/mol. The van der Waals surface area contributed by atoms with E-state index in [-0.39, 0.29) is 17.1 Å². The number of aromatic nitrogens is 3. The molecule has 0 unspecified atom stereocenters. The van der Waals surface area contributed by atoms with Gasteiger partial charge in [0.2, 0.25) is 11.1 Å². The minimum atomic E-state index is -0.196. The number of rotatable bonds is 5. The summed E-state index contributed by atoms with van der Waals surface area (Å²) in [5, 5.41) is 21.7. The number of hydrogen-bond acceptors (Lipinski definition) is 6. The molecule has 1 amide bonds. The van der Waals surface area contributed by atoms with E-state index in [1.165, 1.54) is 28.0 Å². The van der Waals surface area contributed by atoms with Crippen molar-refractivity contribution < 1.29 is 4.79 Å². The number of carbonyl (C=O) groups is 1. The maximum Gasteiger partial charge on any atom is 0.235 e. The van der Waals surface area contributed by atoms with E-state index in [9.17, 15) is 10.1 Å². The Morgan fingerprint density at radius 2 is 2.18 bits per heavy atom. The molecule has 2 aromatic heterocycles. The van der Waals surface area contributed by atoms with Crippen LogP contribution in [0.15, 0.2) is 23.4 Å². The number of benzene rings is 1. The van der Waals surface area contributed by atoms with Gasteiger partial charge in [-0.3, -0.25) is 9.89 Å². The Kier molecular flexibility index (Phi) is 7.06. The van der Waals surface area contributed by atoms with Crippen molar-refractivity contribution in [3.8, 4) is 17.5 Å². The smallest absolute Gasteiger partial charge is 0.235 e. The third-order valence-corrected chi connectivity index (χ3v) is 8.40. The molecule has 4 rings (SSSR count). The molecule has 10 heteroatoms. The summed E-state index contributed by atoms with van der Waals surface area (Å²) >= 11 is 14.9. The van der Waals surface area contributed by atoms with E-state index in [0.717, 1.165) is 24.8 Å². The maximum absolute atomic E-state index is 12.6. The van der Waals surface area contributed by atoms with Gasteiger partial charge in [0.15, 0.2) is 5.82 Å². The molecule has 0 fully saturated rings. The van der Waals surface area contributed by atoms with Crippen LogP contribution in [0.2, 0.25) is 10.0 Å². The summed E-state index contributed by atoms with van der Waals surface area (Å²) in [5.41, 5.74) is 2.61. The highest BCUT2D eigenvalue weighted by molar-refractivity contribution is 7.99. The number of halogens is 2. The van der Waals surface area contributed by atoms with Crippen molar-refractivity contribution in [1.82, 2.24) is 15.2 Å². The minimum Gasteiger partial charge on any atom is -0.316 e. The van der Waals surface area contributed by atoms with E-state index in [4.69, 9.17) is 23.2 Å². The first-order valence-electron chi connectivity index (χ1n) is 10.5. The number of nitrogens with one attached hydrogen (secondary N) is 2. The standard InChI is InChI=1S/C23H23Cl2N5OS2/c1-23(2,3)12-4-6-14-16(10-26)21(33-18(14)8-12)27-19(31)11-32-22-28-20(29-30-22)15-7-5-13(24)9-17(15)25/h5,7,9,12H,4,6,8,11H2,1-3H3,(H,27,31)(H,28,29,30)/t12-/m0/s1. The molecule has 1 aromatic carbocycles. The molecule has 1 aliphatic carbocycles. The first-order valence-corrected chi connectivity index (χ1v) is 13.1. The van der Waals surface area contributed by atoms with Gasteiger partial charge in [-0.25, -0.2) is 4.98 Å². The van der Waals surface area contributed by atoms with Gasteiger partial charge in [-0.1, -0.05) is 55.7 Å². The molecule has 0 spiro atoms. The SMILES string of the molecule is CC(C)(C)[C@H]1CCc2c(sc(NC(=O)CSc3n[nH]c(-c4ccc(Cl)cc4Cl)n3)c2C#N)C1. The van der Waals surface area contributed by atoms with Gasteiger partial charge in [0, 0.05) is 15.5 Å². The summed E-state index contributed by atoms with van der Waals surface area (Å²) in [7, 11) is 0. The average molecular weight is 521 g/mol. The molecule has 6 nitrogen and oxygen atoms in total. The van der Waals surface area contributed by atoms with Crippen molar-refractivity contribution in [2.24, 2.45) is 11.3 Å². The summed E-state index contributed by atoms with van der Waals surface area (Å²) in [6, 6.07) is 7.43. The third kappa shape index (κ3) is 5.38. The largest absolute Gasteiger partial charge is 0.316 e. The number of thioether (sulfide) groups is 1. The lowest BCUT2D eigenvalue weighted by Crippen LogP contribution is -2.26. The number of nitriles is 1. The van der Waals surface area contributed by atoms with Crippen LogP contribution in [-0.4, -0.2) is 26.8 Å². The van der Waals surface area contributed by atoms with Crippen LogP contribution >= 0.6 is 46.3 Å². The second kappa shape index (κ2) is 9.67. The summed E-state index contributed by atoms with van der Waals surface area (Å²) in [6.45, 7) is 6.78. The zero-order valence-electron chi connectivity index (χ0n) is 18.5. The second-order valence-corrected chi connectivity index (χ2v) is 11.9. The number of hydrogen-bond donors (Lipinski definition) is 2. The van der Waals surface area contributed by atoms with Crippen molar-refractivity contribution in [3.05, 3.63) is 44.2 Å². The summed E-state index contributed by atoms with van der Waals surface area (Å²) in [4.78, 5) is 18.3. The predicted molar refractivity (Wildman–Crippen MR) is 135 cm³/mol. The maximum atomic E-state index is 12.6. The van der Waals surface area contributed by atoms with E-state index in [1.807, 2.05) is 0 Å². The van der Waals surface area contributed by atoms with E-state index in [0.29, 0.717) is 43.1 Å². The van der Waals surface area contributed by atoms with E-state index < -0.39 is 0 Å². The number of thiophene rings is 1. The summed E-state index contributed by atoms with van der Waals surface area (Å²) in [5.74, 6) is 1.01. The van der Waals surface area contributed by atoms with Crippen LogP contribution in [0.4, 0.5) is 5.00 Å². The van der Waals surface area contributed by atoms with Crippen LogP contribution in [-0.2, 0) is 17.6 Å². The Morgan fingerprint density at radius 3 is 2.88 bits per heavy atom. The molecule has 3 aromatic rings. The van der Waals surface area contributed by atoms with Gasteiger partial charge in [-0.05, 0) is 54.4 Å². The molecule has 33 heavy (non-hydrogen) atoms. The Morgan fingerprint density at radius 1 is 1.39 bits per heavy atom. The van der Waals surface area contributed by atoms with Gasteiger partial charge in [0.25, 0.3) is 0 Å². The summed E-state index contributed by atoms with van der Waals surface area (Å²) < 4.78 is 0. The number of carbonyl (C=O) groups excluding carboxylic acids is 1. The Bertz CT molecular complexity index is 1240. The van der Waals surface area contributed by atoms with Crippen LogP contribution in [0.25, 0.3) is 11.4 Å². The quantitative estimate of drug-likeness (QED) is 0.370. The third-order valence-electron chi connectivity index (χ3n) is 5.84. The van der Waals surface area contributed by atoms with Crippen molar-refractivity contribution in [2.75, 3.05) is 11.1 Å². The van der Waals surface area contributed by atoms with Crippen LogP contribution in [0.3, 0.4) is 0 Å². The highest BCUT2D eigenvalue weighted by Gasteiger charge is 2.32. The molecule has 172 valence electrons. The number of amides is 1. The van der Waals surface area contributed by atoms with Crippen LogP contribution in [0, 0.1) is 22.7 Å². The topological polar surface area (TPSA) is 94.5 Å². The molecule has 0 radical (unpaired) electrons. The van der Waals surface area contributed by atoms with E-state index in [2.05, 4.69) is 47.3 Å². The van der Waals surface area contributed by atoms with Crippen LogP contribution in [0.5, 0.6) is 0 Å². The molecular weight excluding hydrogens is 497 g/mol. The lowest BCUT2D eigenvalue weighted by Gasteiger charge is -2.33. The number of nitrogens with zero attached hydrogens (tertiary/aromatic N) is 3. The van der Waals surface area contributed by atoms with E-state index >= 15 is 0 Å². The van der Waals surface area contributed by atoms with Crippen molar-refractivity contribution >= 4 is 57.2 Å². The van der Waals surface area contributed by atoms with Crippen molar-refractivity contribution in [2.45, 2.75) is 45.2 Å². The molecule has 1 aliphatic rings. The first-order chi connectivity index (χ1) is 15.7. The zero-order valence-corrected chi connectivity index (χ0v) is 21.6. The summed E-state index contributed by atoms with van der Waals surface area (Å²) in [6.07, 6.45) is 2.90. The van der Waals surface area contributed by atoms with E-state index in [1.54, 1.807) is 18.2 Å². The molecule has 0 saturated carbocycles. The van der Waals surface area contributed by atoms with Gasteiger partial charge in [-0.2, -0.15) is 5.26 Å². The minimum absolute atomic E-state index is 0.129. The van der Waals surface area contributed by atoms with Gasteiger partial charge in [-0.15, -0.1) is 16.4 Å². The predicted octanol–water partition coefficient (Wildman–Crippen LogP) is 6.59. The fourth-order valence-corrected chi connectivity index (χ4v) is 6.33. The second-order valence-electron chi connectivity index (χ2n) is 9.05. The normalized spacial score (nSPS) is 15.7. The lowest BCUT2D eigenvalue weighted by atomic mass is 9.72. The zero-order chi connectivity index (χ0) is 23.8. The number of H-pyrrole nitrogens is 1. The van der Waals surface area contributed by atoms with Gasteiger partial charge < -0.3 is 5.32 Å². The highest BCUT2D eigenvalue weighted by Crippen LogP contribution is 2.44. The molecule has 0 aliphatic heterocycles. The lowest BCUT2D eigenvalue weighted by molar-refractivity contribution is -0.113. The van der Waals surface area contributed by atoms with Crippen LogP contribution in [0.1, 0.15) is 43.2 Å². The molecule has 0 saturated heterocycles. The molecular formula is C23H23Cl2N5OS2. The highest BCUT2D eigenvalue weighted by atomic mass is 35.5. The Hall–Kier alpha value is -2.05. The molecule has 2 heterocycles. The van der Waals surface area contributed by atoms with Crippen molar-refractivity contribution in [3.63, 3.8) is 0 Å². The fourth-order valence-electron chi connectivity index (χ4n) is 3.94. The number of anilines is 1. The molecule has 0 bridgehead atoms. The number of fused-ring (bicyclic) bond motifs is 1.